The standard InChI is InChI=1S/C58H102N4O8/c1-35(41-13-15-43-53-45(33-49(67)57(41,43)5)55(3)21-19-39(63)29-37(55)31-47(53)65)11-17-51(69)61-27-9-25-59-23-7-8-24-60-26-10-28-62-52(70)18-12-36(2)42-14-16-44-54-46(34-50(68)58(42,44)6)56(4)22-20-40(64)30-38(56)32-48(54)66/h35-50,53-54,59-60,63-68H,7-34H2,1-6H3,(H,61,69)(H,62,70)/t35-,36+,37+,38-,39-,40+,41-,42+,43+,44-,45+,46-,47-,48+,49+,50-,53+,54-,55+,56-,57-,58+. The van der Waals surface area contributed by atoms with Crippen LogP contribution in [0, 0.1) is 92.7 Å². The Hall–Kier alpha value is -1.38. The Morgan fingerprint density at radius 1 is 0.486 bits per heavy atom. The van der Waals surface area contributed by atoms with Crippen molar-refractivity contribution < 1.29 is 40.2 Å². The van der Waals surface area contributed by atoms with Crippen molar-refractivity contribution in [3.05, 3.63) is 0 Å². The topological polar surface area (TPSA) is 204 Å². The van der Waals surface area contributed by atoms with Gasteiger partial charge in [0.25, 0.3) is 0 Å². The molecular weight excluding hydrogens is 881 g/mol. The Labute approximate surface area is 423 Å². The summed E-state index contributed by atoms with van der Waals surface area (Å²) in [5.74, 6) is 3.84. The minimum atomic E-state index is -0.399. The molecule has 0 aromatic rings. The third-order valence-electron chi connectivity index (χ3n) is 23.4. The van der Waals surface area contributed by atoms with E-state index in [1.165, 1.54) is 0 Å². The van der Waals surface area contributed by atoms with Crippen molar-refractivity contribution in [2.75, 3.05) is 39.3 Å². The van der Waals surface area contributed by atoms with Gasteiger partial charge >= 0.3 is 0 Å². The van der Waals surface area contributed by atoms with Crippen LogP contribution in [0.1, 0.15) is 183 Å². The lowest BCUT2D eigenvalue weighted by Crippen LogP contribution is -2.62. The predicted octanol–water partition coefficient (Wildman–Crippen LogP) is 6.71. The maximum absolute atomic E-state index is 12.9. The number of fused-ring (bicyclic) bond motifs is 10. The van der Waals surface area contributed by atoms with E-state index in [2.05, 4.69) is 62.8 Å². The Balaban J connectivity index is 0.627. The summed E-state index contributed by atoms with van der Waals surface area (Å²) < 4.78 is 0. The minimum Gasteiger partial charge on any atom is -0.393 e. The lowest BCUT2D eigenvalue weighted by molar-refractivity contribution is -0.207. The Bertz CT molecular complexity index is 1620. The van der Waals surface area contributed by atoms with Gasteiger partial charge in [0, 0.05) is 25.9 Å². The molecule has 0 heterocycles. The van der Waals surface area contributed by atoms with Crippen molar-refractivity contribution >= 4 is 11.8 Å². The first-order valence-electron chi connectivity index (χ1n) is 29.4. The summed E-state index contributed by atoms with van der Waals surface area (Å²) in [6.45, 7) is 18.9. The molecule has 10 N–H and O–H groups in total. The third-order valence-corrected chi connectivity index (χ3v) is 23.4. The molecular formula is C58H102N4O8. The average molecular weight is 983 g/mol. The highest BCUT2D eigenvalue weighted by atomic mass is 16.3. The summed E-state index contributed by atoms with van der Waals surface area (Å²) in [6.07, 6.45) is 17.0. The summed E-state index contributed by atoms with van der Waals surface area (Å²) in [5, 5.41) is 81.2. The molecule has 0 bridgehead atoms. The molecule has 0 unspecified atom stereocenters. The van der Waals surface area contributed by atoms with Crippen molar-refractivity contribution in [3.63, 3.8) is 0 Å². The Morgan fingerprint density at radius 3 is 1.27 bits per heavy atom. The maximum Gasteiger partial charge on any atom is 0.220 e. The van der Waals surface area contributed by atoms with E-state index in [9.17, 15) is 40.2 Å². The summed E-state index contributed by atoms with van der Waals surface area (Å²) in [4.78, 5) is 25.8. The highest BCUT2D eigenvalue weighted by Gasteiger charge is 2.67. The molecule has 2 amide bonds. The monoisotopic (exact) mass is 983 g/mol. The van der Waals surface area contributed by atoms with E-state index in [-0.39, 0.29) is 69.7 Å². The van der Waals surface area contributed by atoms with Crippen molar-refractivity contribution in [1.29, 1.82) is 0 Å². The van der Waals surface area contributed by atoms with E-state index in [1.54, 1.807) is 0 Å². The second-order valence-corrected chi connectivity index (χ2v) is 26.7. The number of nitrogens with one attached hydrogen (secondary N) is 4. The van der Waals surface area contributed by atoms with E-state index in [4.69, 9.17) is 0 Å². The first kappa shape index (κ1) is 54.9. The van der Waals surface area contributed by atoms with E-state index < -0.39 is 12.2 Å². The fraction of sp³-hybridized carbons (Fsp3) is 0.966. The molecule has 402 valence electrons. The van der Waals surface area contributed by atoms with Crippen LogP contribution < -0.4 is 21.3 Å². The lowest BCUT2D eigenvalue weighted by atomic mass is 9.43. The van der Waals surface area contributed by atoms with Gasteiger partial charge in [0.05, 0.1) is 36.6 Å². The van der Waals surface area contributed by atoms with Crippen LogP contribution in [-0.4, -0.2) is 118 Å². The maximum atomic E-state index is 12.9. The van der Waals surface area contributed by atoms with Crippen molar-refractivity contribution in [3.8, 4) is 0 Å². The second kappa shape index (κ2) is 22.8. The average Bonchev–Trinajstić information content (AvgIpc) is 3.87. The summed E-state index contributed by atoms with van der Waals surface area (Å²) >= 11 is 0. The van der Waals surface area contributed by atoms with Gasteiger partial charge in [-0.25, -0.2) is 0 Å². The number of amides is 2. The molecule has 0 radical (unpaired) electrons. The molecule has 8 fully saturated rings. The van der Waals surface area contributed by atoms with Crippen LogP contribution in [-0.2, 0) is 9.59 Å². The zero-order valence-corrected chi connectivity index (χ0v) is 44.7. The Kier molecular flexibility index (Phi) is 17.9. The first-order valence-corrected chi connectivity index (χ1v) is 29.4. The zero-order chi connectivity index (χ0) is 50.2. The van der Waals surface area contributed by atoms with E-state index in [0.29, 0.717) is 85.1 Å². The first-order chi connectivity index (χ1) is 33.3. The van der Waals surface area contributed by atoms with Gasteiger partial charge in [-0.05, 0) is 247 Å². The molecule has 8 saturated carbocycles. The van der Waals surface area contributed by atoms with Crippen LogP contribution in [0.15, 0.2) is 0 Å². The normalized spacial score (nSPS) is 46.1. The van der Waals surface area contributed by atoms with Gasteiger partial charge in [0.2, 0.25) is 11.8 Å². The number of aliphatic hydroxyl groups is 6. The van der Waals surface area contributed by atoms with Crippen LogP contribution >= 0.6 is 0 Å². The molecule has 0 saturated heterocycles. The molecule has 12 heteroatoms. The summed E-state index contributed by atoms with van der Waals surface area (Å²) in [5.41, 5.74) is -0.321. The SMILES string of the molecule is C[C@H](CCC(=O)NCCCNCCCCNCCCNC(=O)CC[C@H](C)[C@@H]1CC[C@@H]2[C@@H]3[C@@H](C[C@@H](O)[C@]21C)[C@]1(C)CC[C@H](O)C[C@@H]1C[C@@H]3O)[C@H]1CC[C@H]2[C@@H]3[C@H](O)C[C@@H]4C[C@H](O)CC[C@]4(C)[C@H]3C[C@H](O)[C@]12C. The minimum absolute atomic E-state index is 0.0779. The summed E-state index contributed by atoms with van der Waals surface area (Å²) in [7, 11) is 0. The van der Waals surface area contributed by atoms with E-state index in [0.717, 1.165) is 155 Å². The molecule has 22 atom stereocenters. The predicted molar refractivity (Wildman–Crippen MR) is 275 cm³/mol. The Morgan fingerprint density at radius 2 is 0.871 bits per heavy atom. The van der Waals surface area contributed by atoms with Crippen LogP contribution in [0.3, 0.4) is 0 Å². The molecule has 8 aliphatic rings. The number of unbranched alkanes of at least 4 members (excludes halogenated alkanes) is 1. The van der Waals surface area contributed by atoms with Gasteiger partial charge in [0.15, 0.2) is 0 Å². The van der Waals surface area contributed by atoms with Crippen LogP contribution in [0.4, 0.5) is 0 Å². The van der Waals surface area contributed by atoms with Crippen molar-refractivity contribution in [1.82, 2.24) is 21.3 Å². The highest BCUT2D eigenvalue weighted by Crippen LogP contribution is 2.70. The molecule has 0 spiro atoms. The van der Waals surface area contributed by atoms with E-state index >= 15 is 0 Å². The molecule has 0 aliphatic heterocycles. The largest absolute Gasteiger partial charge is 0.393 e. The van der Waals surface area contributed by atoms with Crippen LogP contribution in [0.2, 0.25) is 0 Å². The fourth-order valence-electron chi connectivity index (χ4n) is 19.2. The zero-order valence-electron chi connectivity index (χ0n) is 44.7. The third kappa shape index (κ3) is 10.7. The van der Waals surface area contributed by atoms with Crippen LogP contribution in [0.5, 0.6) is 0 Å². The van der Waals surface area contributed by atoms with Crippen LogP contribution in [0.25, 0.3) is 0 Å². The molecule has 8 aliphatic carbocycles. The fourth-order valence-corrected chi connectivity index (χ4v) is 19.2. The smallest absolute Gasteiger partial charge is 0.220 e. The second-order valence-electron chi connectivity index (χ2n) is 26.7. The molecule has 0 aromatic heterocycles. The van der Waals surface area contributed by atoms with Gasteiger partial charge in [-0.2, -0.15) is 0 Å². The highest BCUT2D eigenvalue weighted by molar-refractivity contribution is 5.76. The van der Waals surface area contributed by atoms with Crippen molar-refractivity contribution in [2.24, 2.45) is 92.7 Å². The number of carbonyl (C=O) groups excluding carboxylic acids is 2. The summed E-state index contributed by atoms with van der Waals surface area (Å²) in [6, 6.07) is 0. The van der Waals surface area contributed by atoms with Gasteiger partial charge in [-0.3, -0.25) is 9.59 Å². The number of aliphatic hydroxyl groups excluding tert-OH is 6. The van der Waals surface area contributed by atoms with Gasteiger partial charge in [-0.15, -0.1) is 0 Å². The molecule has 12 nitrogen and oxygen atoms in total. The molecule has 8 rings (SSSR count). The van der Waals surface area contributed by atoms with E-state index in [1.807, 2.05) is 0 Å². The number of hydrogen-bond acceptors (Lipinski definition) is 10. The number of carbonyl (C=O) groups is 2. The quantitative estimate of drug-likeness (QED) is 0.0551. The molecule has 70 heavy (non-hydrogen) atoms. The molecule has 0 aromatic carbocycles. The van der Waals surface area contributed by atoms with Crippen molar-refractivity contribution in [2.45, 2.75) is 219 Å². The number of hydrogen-bond donors (Lipinski definition) is 10. The lowest BCUT2D eigenvalue weighted by Gasteiger charge is -2.63. The number of rotatable bonds is 21. The van der Waals surface area contributed by atoms with Gasteiger partial charge in [0.1, 0.15) is 0 Å². The van der Waals surface area contributed by atoms with Gasteiger partial charge < -0.3 is 51.9 Å². The van der Waals surface area contributed by atoms with Gasteiger partial charge in [-0.1, -0.05) is 41.5 Å².